The summed E-state index contributed by atoms with van der Waals surface area (Å²) in [4.78, 5) is 15.4. The van der Waals surface area contributed by atoms with Gasteiger partial charge in [-0.15, -0.1) is 0 Å². The smallest absolute Gasteiger partial charge is 0.225 e. The van der Waals surface area contributed by atoms with Crippen molar-refractivity contribution in [2.75, 3.05) is 0 Å². The minimum Gasteiger partial charge on any atom is -0.390 e. The molecule has 2 unspecified atom stereocenters. The van der Waals surface area contributed by atoms with Crippen molar-refractivity contribution in [2.45, 2.75) is 25.0 Å². The van der Waals surface area contributed by atoms with Crippen molar-refractivity contribution in [3.05, 3.63) is 71.2 Å². The molecular formula is C19H17FN2O2. The van der Waals surface area contributed by atoms with Crippen LogP contribution < -0.4 is 5.32 Å². The van der Waals surface area contributed by atoms with Gasteiger partial charge in [-0.1, -0.05) is 24.3 Å². The number of aromatic nitrogens is 1. The van der Waals surface area contributed by atoms with Gasteiger partial charge in [0.25, 0.3) is 0 Å². The van der Waals surface area contributed by atoms with Crippen LogP contribution in [0.3, 0.4) is 0 Å². The number of nitrogens with one attached hydrogen (secondary N) is 2. The largest absolute Gasteiger partial charge is 0.390 e. The summed E-state index contributed by atoms with van der Waals surface area (Å²) in [5.74, 6) is -0.480. The summed E-state index contributed by atoms with van der Waals surface area (Å²) in [7, 11) is 0. The summed E-state index contributed by atoms with van der Waals surface area (Å²) in [5, 5.41) is 14.0. The molecule has 1 aliphatic rings. The molecule has 1 aromatic heterocycles. The van der Waals surface area contributed by atoms with E-state index in [-0.39, 0.29) is 24.2 Å². The molecule has 0 saturated carbocycles. The van der Waals surface area contributed by atoms with Crippen molar-refractivity contribution >= 4 is 16.8 Å². The Balaban J connectivity index is 1.52. The Hall–Kier alpha value is -2.66. The third-order valence-electron chi connectivity index (χ3n) is 4.60. The van der Waals surface area contributed by atoms with Gasteiger partial charge in [0.2, 0.25) is 5.91 Å². The molecule has 1 amide bonds. The van der Waals surface area contributed by atoms with E-state index >= 15 is 0 Å². The van der Waals surface area contributed by atoms with Gasteiger partial charge in [-0.25, -0.2) is 4.39 Å². The van der Waals surface area contributed by atoms with E-state index in [2.05, 4.69) is 10.3 Å². The molecule has 2 atom stereocenters. The molecule has 3 N–H and O–H groups in total. The number of H-pyrrole nitrogens is 1. The van der Waals surface area contributed by atoms with E-state index in [0.29, 0.717) is 11.9 Å². The van der Waals surface area contributed by atoms with Gasteiger partial charge in [-0.3, -0.25) is 4.79 Å². The minimum atomic E-state index is -0.608. The first-order valence-corrected chi connectivity index (χ1v) is 7.92. The van der Waals surface area contributed by atoms with Crippen LogP contribution >= 0.6 is 0 Å². The van der Waals surface area contributed by atoms with E-state index in [1.165, 1.54) is 12.1 Å². The zero-order chi connectivity index (χ0) is 16.7. The third kappa shape index (κ3) is 2.57. The van der Waals surface area contributed by atoms with Gasteiger partial charge in [0, 0.05) is 23.5 Å². The summed E-state index contributed by atoms with van der Waals surface area (Å²) in [6.07, 6.45) is 1.84. The van der Waals surface area contributed by atoms with Crippen LogP contribution in [-0.2, 0) is 17.6 Å². The fourth-order valence-corrected chi connectivity index (χ4v) is 3.45. The first-order valence-electron chi connectivity index (χ1n) is 7.92. The van der Waals surface area contributed by atoms with Crippen LogP contribution in [0.1, 0.15) is 22.7 Å². The molecule has 3 aromatic rings. The van der Waals surface area contributed by atoms with E-state index in [1.54, 1.807) is 12.3 Å². The lowest BCUT2D eigenvalue weighted by Gasteiger charge is -2.17. The van der Waals surface area contributed by atoms with Crippen LogP contribution in [-0.4, -0.2) is 22.1 Å². The van der Waals surface area contributed by atoms with Crippen molar-refractivity contribution in [1.29, 1.82) is 0 Å². The molecule has 0 saturated heterocycles. The molecule has 1 heterocycles. The molecule has 4 rings (SSSR count). The van der Waals surface area contributed by atoms with Crippen LogP contribution in [0.4, 0.5) is 4.39 Å². The molecule has 0 bridgehead atoms. The molecule has 1 aliphatic carbocycles. The molecule has 24 heavy (non-hydrogen) atoms. The van der Waals surface area contributed by atoms with Crippen molar-refractivity contribution in [1.82, 2.24) is 10.3 Å². The van der Waals surface area contributed by atoms with E-state index in [9.17, 15) is 14.3 Å². The van der Waals surface area contributed by atoms with Crippen LogP contribution in [0, 0.1) is 5.82 Å². The average Bonchev–Trinajstić information content (AvgIpc) is 3.09. The molecule has 0 radical (unpaired) electrons. The lowest BCUT2D eigenvalue weighted by Crippen LogP contribution is -2.34. The number of hydrogen-bond acceptors (Lipinski definition) is 2. The molecule has 0 aliphatic heterocycles. The summed E-state index contributed by atoms with van der Waals surface area (Å²) >= 11 is 0. The topological polar surface area (TPSA) is 65.1 Å². The second kappa shape index (κ2) is 5.76. The van der Waals surface area contributed by atoms with Crippen LogP contribution in [0.5, 0.6) is 0 Å². The fraction of sp³-hybridized carbons (Fsp3) is 0.211. The lowest BCUT2D eigenvalue weighted by molar-refractivity contribution is -0.121. The highest BCUT2D eigenvalue weighted by atomic mass is 19.1. The summed E-state index contributed by atoms with van der Waals surface area (Å²) in [6.45, 7) is 0. The molecule has 5 heteroatoms. The number of halogens is 1. The Morgan fingerprint density at radius 2 is 2.12 bits per heavy atom. The Morgan fingerprint density at radius 1 is 1.29 bits per heavy atom. The van der Waals surface area contributed by atoms with Crippen molar-refractivity contribution < 1.29 is 14.3 Å². The first-order chi connectivity index (χ1) is 11.6. The number of aliphatic hydroxyl groups is 1. The number of aliphatic hydroxyl groups excluding tert-OH is 1. The quantitative estimate of drug-likeness (QED) is 0.693. The van der Waals surface area contributed by atoms with Gasteiger partial charge in [-0.2, -0.15) is 0 Å². The average molecular weight is 324 g/mol. The molecular weight excluding hydrogens is 307 g/mol. The number of aromatic amines is 1. The standard InChI is InChI=1S/C19H17FN2O2/c20-13-5-6-14-12(10-21-16(14)9-13)8-18(24)22-19-15-4-2-1-3-11(15)7-17(19)23/h1-6,9-10,17,19,21,23H,7-8H2,(H,22,24). The number of carbonyl (C=O) groups is 1. The maximum atomic E-state index is 13.2. The van der Waals surface area contributed by atoms with Crippen molar-refractivity contribution in [3.63, 3.8) is 0 Å². The third-order valence-corrected chi connectivity index (χ3v) is 4.60. The monoisotopic (exact) mass is 324 g/mol. The van der Waals surface area contributed by atoms with E-state index in [4.69, 9.17) is 0 Å². The summed E-state index contributed by atoms with van der Waals surface area (Å²) in [5.41, 5.74) is 3.52. The van der Waals surface area contributed by atoms with Gasteiger partial charge in [-0.05, 0) is 34.9 Å². The maximum Gasteiger partial charge on any atom is 0.225 e. The predicted molar refractivity (Wildman–Crippen MR) is 89.0 cm³/mol. The molecule has 0 fully saturated rings. The maximum absolute atomic E-state index is 13.2. The first kappa shape index (κ1) is 14.9. The predicted octanol–water partition coefficient (Wildman–Crippen LogP) is 2.62. The normalized spacial score (nSPS) is 19.4. The van der Waals surface area contributed by atoms with Crippen LogP contribution in [0.2, 0.25) is 0 Å². The van der Waals surface area contributed by atoms with Crippen LogP contribution in [0.25, 0.3) is 10.9 Å². The van der Waals surface area contributed by atoms with E-state index < -0.39 is 6.10 Å². The van der Waals surface area contributed by atoms with E-state index in [1.807, 2.05) is 24.3 Å². The number of fused-ring (bicyclic) bond motifs is 2. The van der Waals surface area contributed by atoms with Gasteiger partial charge in [0.05, 0.1) is 18.6 Å². The Kier molecular flexibility index (Phi) is 3.58. The lowest BCUT2D eigenvalue weighted by atomic mass is 10.1. The number of benzene rings is 2. The molecule has 4 nitrogen and oxygen atoms in total. The highest BCUT2D eigenvalue weighted by Gasteiger charge is 2.31. The number of rotatable bonds is 3. The SMILES string of the molecule is O=C(Cc1c[nH]c2cc(F)ccc12)NC1c2ccccc2CC1O. The molecule has 0 spiro atoms. The van der Waals surface area contributed by atoms with Gasteiger partial charge in [0.1, 0.15) is 5.82 Å². The highest BCUT2D eigenvalue weighted by Crippen LogP contribution is 2.31. The fourth-order valence-electron chi connectivity index (χ4n) is 3.45. The van der Waals surface area contributed by atoms with Crippen molar-refractivity contribution in [2.24, 2.45) is 0 Å². The molecule has 2 aromatic carbocycles. The second-order valence-electron chi connectivity index (χ2n) is 6.20. The number of hydrogen-bond donors (Lipinski definition) is 3. The Morgan fingerprint density at radius 3 is 3.00 bits per heavy atom. The van der Waals surface area contributed by atoms with Crippen molar-refractivity contribution in [3.8, 4) is 0 Å². The Labute approximate surface area is 138 Å². The summed E-state index contributed by atoms with van der Waals surface area (Å²) in [6, 6.07) is 11.8. The molecule has 122 valence electrons. The Bertz CT molecular complexity index is 919. The number of amides is 1. The summed E-state index contributed by atoms with van der Waals surface area (Å²) < 4.78 is 13.2. The van der Waals surface area contributed by atoms with Gasteiger partial charge < -0.3 is 15.4 Å². The van der Waals surface area contributed by atoms with E-state index in [0.717, 1.165) is 22.1 Å². The zero-order valence-corrected chi connectivity index (χ0v) is 12.9. The zero-order valence-electron chi connectivity index (χ0n) is 12.9. The highest BCUT2D eigenvalue weighted by molar-refractivity contribution is 5.89. The van der Waals surface area contributed by atoms with Gasteiger partial charge >= 0.3 is 0 Å². The van der Waals surface area contributed by atoms with Crippen LogP contribution in [0.15, 0.2) is 48.7 Å². The minimum absolute atomic E-state index is 0.166. The second-order valence-corrected chi connectivity index (χ2v) is 6.20. The number of carbonyl (C=O) groups excluding carboxylic acids is 1. The van der Waals surface area contributed by atoms with Gasteiger partial charge in [0.15, 0.2) is 0 Å².